The highest BCUT2D eigenvalue weighted by molar-refractivity contribution is 5.91. The fraction of sp³-hybridized carbons (Fsp3) is 0.450. The molecular weight excluding hydrogens is 256 g/mol. The molecule has 1 heteroatoms. The molecule has 0 N–H and O–H groups in total. The number of unbranched alkanes of at least 4 members (excludes halogenated alkanes) is 1. The molecule has 0 heterocycles. The average molecular weight is 280 g/mol. The van der Waals surface area contributed by atoms with Gasteiger partial charge in [0.15, 0.2) is 5.78 Å². The van der Waals surface area contributed by atoms with E-state index in [0.29, 0.717) is 5.78 Å². The Balaban J connectivity index is 1.36. The Hall–Kier alpha value is -1.63. The second-order valence-corrected chi connectivity index (χ2v) is 6.36. The van der Waals surface area contributed by atoms with E-state index in [2.05, 4.69) is 42.5 Å². The number of benzene rings is 1. The third-order valence-corrected chi connectivity index (χ3v) is 4.61. The summed E-state index contributed by atoms with van der Waals surface area (Å²) in [5.74, 6) is 1.83. The Kier molecular flexibility index (Phi) is 4.69. The van der Waals surface area contributed by atoms with E-state index in [4.69, 9.17) is 0 Å². The lowest BCUT2D eigenvalue weighted by atomic mass is 9.95. The third kappa shape index (κ3) is 4.17. The minimum atomic E-state index is 0.329. The van der Waals surface area contributed by atoms with Crippen molar-refractivity contribution in [2.75, 3.05) is 0 Å². The summed E-state index contributed by atoms with van der Waals surface area (Å²) in [6.07, 6.45) is 14.3. The van der Waals surface area contributed by atoms with Gasteiger partial charge in [0, 0.05) is 6.42 Å². The highest BCUT2D eigenvalue weighted by Crippen LogP contribution is 2.48. The van der Waals surface area contributed by atoms with Crippen LogP contribution in [0, 0.1) is 5.92 Å². The van der Waals surface area contributed by atoms with Crippen LogP contribution in [-0.4, -0.2) is 5.78 Å². The molecule has 110 valence electrons. The molecule has 0 radical (unpaired) electrons. The summed E-state index contributed by atoms with van der Waals surface area (Å²) in [5.41, 5.74) is 2.85. The van der Waals surface area contributed by atoms with E-state index < -0.39 is 0 Å². The first kappa shape index (κ1) is 14.3. The highest BCUT2D eigenvalue weighted by atomic mass is 16.1. The Morgan fingerprint density at radius 2 is 2.00 bits per heavy atom. The zero-order valence-electron chi connectivity index (χ0n) is 12.6. The number of hydrogen-bond donors (Lipinski definition) is 0. The molecule has 2 aliphatic carbocycles. The van der Waals surface area contributed by atoms with Crippen LogP contribution in [0.2, 0.25) is 0 Å². The monoisotopic (exact) mass is 280 g/mol. The zero-order chi connectivity index (χ0) is 14.5. The molecule has 0 aromatic heterocycles. The van der Waals surface area contributed by atoms with Crippen LogP contribution in [0.25, 0.3) is 0 Å². The number of allylic oxidation sites excluding steroid dienone is 4. The van der Waals surface area contributed by atoms with Crippen LogP contribution in [0.3, 0.4) is 0 Å². The topological polar surface area (TPSA) is 17.1 Å². The molecule has 3 rings (SSSR count). The van der Waals surface area contributed by atoms with Crippen LogP contribution in [0.4, 0.5) is 0 Å². The number of ketones is 1. The van der Waals surface area contributed by atoms with Crippen LogP contribution in [0.1, 0.15) is 56.4 Å². The smallest absolute Gasteiger partial charge is 0.155 e. The first-order valence-electron chi connectivity index (χ1n) is 8.27. The Labute approximate surface area is 127 Å². The summed E-state index contributed by atoms with van der Waals surface area (Å²) < 4.78 is 0. The summed E-state index contributed by atoms with van der Waals surface area (Å²) in [4.78, 5) is 11.3. The molecule has 0 saturated heterocycles. The minimum Gasteiger partial charge on any atom is -0.295 e. The SMILES string of the molecule is O=C1C=C(CCC/C=C/[C@@H]2C[C@H]2c2ccccc2)CCC1. The lowest BCUT2D eigenvalue weighted by molar-refractivity contribution is -0.115. The van der Waals surface area contributed by atoms with Gasteiger partial charge in [0.1, 0.15) is 0 Å². The first-order valence-corrected chi connectivity index (χ1v) is 8.27. The van der Waals surface area contributed by atoms with Gasteiger partial charge in [0.25, 0.3) is 0 Å². The number of carbonyl (C=O) groups is 1. The average Bonchev–Trinajstić information content (AvgIpc) is 3.27. The van der Waals surface area contributed by atoms with Crippen molar-refractivity contribution in [3.8, 4) is 0 Å². The summed E-state index contributed by atoms with van der Waals surface area (Å²) in [6, 6.07) is 10.8. The van der Waals surface area contributed by atoms with Crippen molar-refractivity contribution in [1.82, 2.24) is 0 Å². The Morgan fingerprint density at radius 3 is 2.81 bits per heavy atom. The van der Waals surface area contributed by atoms with Gasteiger partial charge < -0.3 is 0 Å². The van der Waals surface area contributed by atoms with Gasteiger partial charge in [-0.25, -0.2) is 0 Å². The molecule has 1 fully saturated rings. The molecule has 2 atom stereocenters. The third-order valence-electron chi connectivity index (χ3n) is 4.61. The maximum absolute atomic E-state index is 11.3. The van der Waals surface area contributed by atoms with Gasteiger partial charge in [-0.1, -0.05) is 48.1 Å². The van der Waals surface area contributed by atoms with Crippen LogP contribution >= 0.6 is 0 Å². The van der Waals surface area contributed by atoms with Crippen molar-refractivity contribution in [1.29, 1.82) is 0 Å². The molecule has 0 aliphatic heterocycles. The van der Waals surface area contributed by atoms with Gasteiger partial charge in [-0.3, -0.25) is 4.79 Å². The second kappa shape index (κ2) is 6.89. The summed E-state index contributed by atoms with van der Waals surface area (Å²) >= 11 is 0. The van der Waals surface area contributed by atoms with Crippen molar-refractivity contribution < 1.29 is 4.79 Å². The molecule has 1 aromatic rings. The van der Waals surface area contributed by atoms with Crippen molar-refractivity contribution in [2.45, 2.75) is 50.9 Å². The van der Waals surface area contributed by atoms with Crippen molar-refractivity contribution in [3.63, 3.8) is 0 Å². The maximum atomic E-state index is 11.3. The molecule has 0 amide bonds. The minimum absolute atomic E-state index is 0.329. The second-order valence-electron chi connectivity index (χ2n) is 6.36. The van der Waals surface area contributed by atoms with Crippen LogP contribution in [-0.2, 0) is 4.79 Å². The lowest BCUT2D eigenvalue weighted by Gasteiger charge is -2.10. The number of rotatable bonds is 6. The van der Waals surface area contributed by atoms with E-state index in [1.165, 1.54) is 24.0 Å². The molecule has 0 bridgehead atoms. The summed E-state index contributed by atoms with van der Waals surface area (Å²) in [5, 5.41) is 0. The van der Waals surface area contributed by atoms with Gasteiger partial charge in [-0.2, -0.15) is 0 Å². The van der Waals surface area contributed by atoms with E-state index >= 15 is 0 Å². The largest absolute Gasteiger partial charge is 0.295 e. The fourth-order valence-corrected chi connectivity index (χ4v) is 3.29. The highest BCUT2D eigenvalue weighted by Gasteiger charge is 2.35. The van der Waals surface area contributed by atoms with Crippen LogP contribution in [0.5, 0.6) is 0 Å². The van der Waals surface area contributed by atoms with E-state index in [0.717, 1.165) is 43.9 Å². The molecule has 21 heavy (non-hydrogen) atoms. The van der Waals surface area contributed by atoms with Crippen LogP contribution in [0.15, 0.2) is 54.1 Å². The summed E-state index contributed by atoms with van der Waals surface area (Å²) in [7, 11) is 0. The van der Waals surface area contributed by atoms with Crippen molar-refractivity contribution in [2.24, 2.45) is 5.92 Å². The Bertz CT molecular complexity index is 538. The van der Waals surface area contributed by atoms with E-state index in [9.17, 15) is 4.79 Å². The van der Waals surface area contributed by atoms with E-state index in [1.807, 2.05) is 6.08 Å². The lowest BCUT2D eigenvalue weighted by Crippen LogP contribution is -2.02. The predicted molar refractivity (Wildman–Crippen MR) is 87.2 cm³/mol. The molecule has 0 spiro atoms. The van der Waals surface area contributed by atoms with Gasteiger partial charge in [0.05, 0.1) is 0 Å². The van der Waals surface area contributed by atoms with Gasteiger partial charge in [-0.05, 0) is 62.0 Å². The maximum Gasteiger partial charge on any atom is 0.155 e. The molecule has 1 saturated carbocycles. The predicted octanol–water partition coefficient (Wildman–Crippen LogP) is 5.20. The van der Waals surface area contributed by atoms with Gasteiger partial charge in [-0.15, -0.1) is 0 Å². The fourth-order valence-electron chi connectivity index (χ4n) is 3.29. The summed E-state index contributed by atoms with van der Waals surface area (Å²) in [6.45, 7) is 0. The molecule has 0 unspecified atom stereocenters. The van der Waals surface area contributed by atoms with Crippen molar-refractivity contribution >= 4 is 5.78 Å². The molecule has 1 aromatic carbocycles. The van der Waals surface area contributed by atoms with Crippen molar-refractivity contribution in [3.05, 3.63) is 59.7 Å². The first-order chi connectivity index (χ1) is 10.3. The van der Waals surface area contributed by atoms with Crippen LogP contribution < -0.4 is 0 Å². The van der Waals surface area contributed by atoms with E-state index in [-0.39, 0.29) is 0 Å². The van der Waals surface area contributed by atoms with Gasteiger partial charge in [0.2, 0.25) is 0 Å². The Morgan fingerprint density at radius 1 is 1.14 bits per heavy atom. The molecule has 1 nitrogen and oxygen atoms in total. The quantitative estimate of drug-likeness (QED) is 0.517. The standard InChI is InChI=1S/C20H24O/c21-19-13-7-9-16(14-19)8-3-1-6-12-18-15-20(18)17-10-4-2-5-11-17/h2,4-6,10-12,14,18,20H,1,3,7-9,13,15H2/b12-6+/t18-,20+/m1/s1. The normalized spacial score (nSPS) is 25.1. The van der Waals surface area contributed by atoms with Gasteiger partial charge >= 0.3 is 0 Å². The number of hydrogen-bond acceptors (Lipinski definition) is 1. The molecular formula is C20H24O. The van der Waals surface area contributed by atoms with E-state index in [1.54, 1.807) is 0 Å². The zero-order valence-corrected chi connectivity index (χ0v) is 12.6. The number of carbonyl (C=O) groups excluding carboxylic acids is 1. The molecule has 2 aliphatic rings.